The molecule has 0 radical (unpaired) electrons. The molecule has 96 valence electrons. The Morgan fingerprint density at radius 2 is 1.82 bits per heavy atom. The molecule has 1 atom stereocenters. The molecule has 0 amide bonds. The summed E-state index contributed by atoms with van der Waals surface area (Å²) in [5, 5.41) is 0. The van der Waals surface area contributed by atoms with Crippen molar-refractivity contribution >= 4 is 14.3 Å². The fourth-order valence-electron chi connectivity index (χ4n) is 1.04. The van der Waals surface area contributed by atoms with E-state index in [4.69, 9.17) is 14.8 Å². The lowest BCUT2D eigenvalue weighted by atomic mass is 10.3. The standard InChI is InChI=1S/C11H20N2O3P/c1-13(2,3)8-9-15-17(14)16-11-6-4-10(12)5-7-11/h4-7,14H,8-9,12H2,1-3H3/q+1. The van der Waals surface area contributed by atoms with Gasteiger partial charge < -0.3 is 19.6 Å². The van der Waals surface area contributed by atoms with Gasteiger partial charge in [0, 0.05) is 5.69 Å². The summed E-state index contributed by atoms with van der Waals surface area (Å²) in [5.74, 6) is 0.554. The predicted molar refractivity (Wildman–Crippen MR) is 69.5 cm³/mol. The maximum Gasteiger partial charge on any atom is 0.394 e. The Morgan fingerprint density at radius 3 is 2.35 bits per heavy atom. The average Bonchev–Trinajstić information content (AvgIpc) is 2.19. The maximum atomic E-state index is 9.55. The summed E-state index contributed by atoms with van der Waals surface area (Å²) in [6, 6.07) is 6.82. The van der Waals surface area contributed by atoms with Crippen LogP contribution in [-0.2, 0) is 4.52 Å². The van der Waals surface area contributed by atoms with Crippen molar-refractivity contribution in [2.45, 2.75) is 0 Å². The summed E-state index contributed by atoms with van der Waals surface area (Å²) < 4.78 is 11.2. The van der Waals surface area contributed by atoms with E-state index in [2.05, 4.69) is 21.1 Å². The maximum absolute atomic E-state index is 9.55. The Kier molecular flexibility index (Phi) is 5.15. The molecule has 6 heteroatoms. The quantitative estimate of drug-likeness (QED) is 0.462. The third-order valence-electron chi connectivity index (χ3n) is 2.03. The Labute approximate surface area is 103 Å². The van der Waals surface area contributed by atoms with Gasteiger partial charge in [0.15, 0.2) is 0 Å². The molecular formula is C11H20N2O3P+. The van der Waals surface area contributed by atoms with Crippen LogP contribution in [0.25, 0.3) is 0 Å². The van der Waals surface area contributed by atoms with Crippen LogP contribution < -0.4 is 10.3 Å². The first-order chi connectivity index (χ1) is 7.87. The van der Waals surface area contributed by atoms with Crippen LogP contribution in [0.3, 0.4) is 0 Å². The lowest BCUT2D eigenvalue weighted by Crippen LogP contribution is -2.37. The molecule has 1 unspecified atom stereocenters. The molecule has 1 aromatic rings. The van der Waals surface area contributed by atoms with Gasteiger partial charge in [0.1, 0.15) is 18.9 Å². The Morgan fingerprint density at radius 1 is 1.24 bits per heavy atom. The summed E-state index contributed by atoms with van der Waals surface area (Å²) in [7, 11) is 4.31. The lowest BCUT2D eigenvalue weighted by molar-refractivity contribution is -0.870. The third kappa shape index (κ3) is 6.44. The zero-order valence-electron chi connectivity index (χ0n) is 10.5. The normalized spacial score (nSPS) is 13.4. The van der Waals surface area contributed by atoms with Crippen molar-refractivity contribution in [1.29, 1.82) is 0 Å². The average molecular weight is 259 g/mol. The van der Waals surface area contributed by atoms with Gasteiger partial charge in [-0.2, -0.15) is 0 Å². The largest absolute Gasteiger partial charge is 0.427 e. The van der Waals surface area contributed by atoms with Gasteiger partial charge in [-0.05, 0) is 24.3 Å². The zero-order chi connectivity index (χ0) is 12.9. The van der Waals surface area contributed by atoms with Gasteiger partial charge in [0.05, 0.1) is 21.1 Å². The van der Waals surface area contributed by atoms with Gasteiger partial charge in [-0.25, -0.2) is 0 Å². The van der Waals surface area contributed by atoms with Crippen molar-refractivity contribution in [3.05, 3.63) is 24.3 Å². The highest BCUT2D eigenvalue weighted by molar-refractivity contribution is 7.41. The molecule has 5 nitrogen and oxygen atoms in total. The number of nitrogens with two attached hydrogens (primary N) is 1. The van der Waals surface area contributed by atoms with Crippen LogP contribution in [0.1, 0.15) is 0 Å². The SMILES string of the molecule is C[N+](C)(C)CCOP(O)Oc1ccc(N)cc1. The number of hydrogen-bond donors (Lipinski definition) is 2. The molecule has 1 rings (SSSR count). The summed E-state index contributed by atoms with van der Waals surface area (Å²) >= 11 is 0. The highest BCUT2D eigenvalue weighted by atomic mass is 31.2. The number of rotatable bonds is 6. The van der Waals surface area contributed by atoms with E-state index in [1.807, 2.05) is 0 Å². The number of nitrogen functional groups attached to an aromatic ring is 1. The van der Waals surface area contributed by atoms with Crippen LogP contribution in [0.15, 0.2) is 24.3 Å². The molecule has 0 aromatic heterocycles. The summed E-state index contributed by atoms with van der Waals surface area (Å²) in [6.07, 6.45) is 0. The second kappa shape index (κ2) is 6.17. The number of benzene rings is 1. The van der Waals surface area contributed by atoms with Crippen molar-refractivity contribution in [2.75, 3.05) is 40.0 Å². The van der Waals surface area contributed by atoms with E-state index in [-0.39, 0.29) is 0 Å². The van der Waals surface area contributed by atoms with Crippen molar-refractivity contribution in [3.63, 3.8) is 0 Å². The van der Waals surface area contributed by atoms with Crippen LogP contribution in [0.2, 0.25) is 0 Å². The highest BCUT2D eigenvalue weighted by Crippen LogP contribution is 2.34. The van der Waals surface area contributed by atoms with Crippen LogP contribution in [0, 0.1) is 0 Å². The predicted octanol–water partition coefficient (Wildman–Crippen LogP) is 1.59. The van der Waals surface area contributed by atoms with E-state index in [9.17, 15) is 4.89 Å². The highest BCUT2D eigenvalue weighted by Gasteiger charge is 2.12. The monoisotopic (exact) mass is 259 g/mol. The van der Waals surface area contributed by atoms with E-state index in [0.717, 1.165) is 11.0 Å². The number of anilines is 1. The number of quaternary nitrogens is 1. The second-order valence-electron chi connectivity index (χ2n) is 4.75. The molecule has 0 fully saturated rings. The lowest BCUT2D eigenvalue weighted by Gasteiger charge is -2.23. The Bertz CT molecular complexity index is 338. The molecule has 0 bridgehead atoms. The summed E-state index contributed by atoms with van der Waals surface area (Å²) in [5.41, 5.74) is 6.20. The first-order valence-corrected chi connectivity index (χ1v) is 6.46. The van der Waals surface area contributed by atoms with Crippen molar-refractivity contribution in [1.82, 2.24) is 0 Å². The molecule has 0 aliphatic heterocycles. The number of likely N-dealkylation sites (N-methyl/N-ethyl adjacent to an activating group) is 1. The van der Waals surface area contributed by atoms with Crippen molar-refractivity contribution in [2.24, 2.45) is 0 Å². The van der Waals surface area contributed by atoms with E-state index >= 15 is 0 Å². The summed E-state index contributed by atoms with van der Waals surface area (Å²) in [6.45, 7) is 1.27. The number of hydrogen-bond acceptors (Lipinski definition) is 4. The molecular weight excluding hydrogens is 239 g/mol. The molecule has 17 heavy (non-hydrogen) atoms. The van der Waals surface area contributed by atoms with Crippen molar-refractivity contribution < 1.29 is 18.4 Å². The molecule has 0 saturated heterocycles. The topological polar surface area (TPSA) is 64.7 Å². The minimum atomic E-state index is -1.87. The molecule has 0 saturated carbocycles. The molecule has 0 spiro atoms. The first kappa shape index (κ1) is 14.2. The van der Waals surface area contributed by atoms with E-state index in [0.29, 0.717) is 18.0 Å². The van der Waals surface area contributed by atoms with Gasteiger partial charge in [0.2, 0.25) is 0 Å². The van der Waals surface area contributed by atoms with E-state index in [1.54, 1.807) is 24.3 Å². The molecule has 3 N–H and O–H groups in total. The van der Waals surface area contributed by atoms with Gasteiger partial charge in [-0.1, -0.05) is 0 Å². The smallest absolute Gasteiger partial charge is 0.394 e. The second-order valence-corrected chi connectivity index (χ2v) is 5.66. The molecule has 1 aromatic carbocycles. The minimum Gasteiger partial charge on any atom is -0.427 e. The molecule has 0 aliphatic rings. The van der Waals surface area contributed by atoms with Gasteiger partial charge in [-0.3, -0.25) is 4.52 Å². The first-order valence-electron chi connectivity index (χ1n) is 5.33. The van der Waals surface area contributed by atoms with Crippen LogP contribution in [0.5, 0.6) is 5.75 Å². The van der Waals surface area contributed by atoms with Crippen LogP contribution in [0.4, 0.5) is 5.69 Å². The molecule has 0 aliphatic carbocycles. The van der Waals surface area contributed by atoms with Crippen LogP contribution in [-0.4, -0.2) is 43.7 Å². The van der Waals surface area contributed by atoms with E-state index in [1.165, 1.54) is 0 Å². The fraction of sp³-hybridized carbons (Fsp3) is 0.455. The Hall–Kier alpha value is -0.870. The van der Waals surface area contributed by atoms with Crippen LogP contribution >= 0.6 is 8.60 Å². The fourth-order valence-corrected chi connectivity index (χ4v) is 1.63. The zero-order valence-corrected chi connectivity index (χ0v) is 11.4. The molecule has 0 heterocycles. The van der Waals surface area contributed by atoms with E-state index < -0.39 is 8.60 Å². The Balaban J connectivity index is 2.30. The van der Waals surface area contributed by atoms with Gasteiger partial charge in [-0.15, -0.1) is 0 Å². The minimum absolute atomic E-state index is 0.459. The number of nitrogens with zero attached hydrogens (tertiary/aromatic N) is 1. The third-order valence-corrected chi connectivity index (χ3v) is 2.80. The van der Waals surface area contributed by atoms with Gasteiger partial charge in [0.25, 0.3) is 0 Å². The van der Waals surface area contributed by atoms with Gasteiger partial charge >= 0.3 is 8.60 Å². The van der Waals surface area contributed by atoms with Crippen molar-refractivity contribution in [3.8, 4) is 5.75 Å². The summed E-state index contributed by atoms with van der Waals surface area (Å²) in [4.78, 5) is 9.55.